The van der Waals surface area contributed by atoms with Gasteiger partial charge in [-0.2, -0.15) is 10.2 Å². The van der Waals surface area contributed by atoms with Gasteiger partial charge in [-0.25, -0.2) is 4.39 Å². The lowest BCUT2D eigenvalue weighted by atomic mass is 10.2. The summed E-state index contributed by atoms with van der Waals surface area (Å²) < 4.78 is 13.9. The molecule has 2 aromatic rings. The smallest absolute Gasteiger partial charge is 0.260 e. The molecule has 104 valence electrons. The van der Waals surface area contributed by atoms with Crippen molar-refractivity contribution in [1.29, 1.82) is 0 Å². The van der Waals surface area contributed by atoms with Crippen LogP contribution in [0.2, 0.25) is 0 Å². The third-order valence-electron chi connectivity index (χ3n) is 2.81. The Morgan fingerprint density at radius 2 is 2.05 bits per heavy atom. The fourth-order valence-corrected chi connectivity index (χ4v) is 1.82. The van der Waals surface area contributed by atoms with Crippen LogP contribution in [0.15, 0.2) is 42.7 Å². The maximum Gasteiger partial charge on any atom is 0.260 e. The molecule has 0 spiro atoms. The molecule has 0 unspecified atom stereocenters. The Morgan fingerprint density at radius 3 is 2.70 bits per heavy atom. The minimum absolute atomic E-state index is 0.239. The van der Waals surface area contributed by atoms with E-state index in [0.717, 1.165) is 0 Å². The predicted molar refractivity (Wildman–Crippen MR) is 73.8 cm³/mol. The Bertz CT molecular complexity index is 576. The molecule has 20 heavy (non-hydrogen) atoms. The molecule has 0 atom stereocenters. The van der Waals surface area contributed by atoms with Gasteiger partial charge in [0.1, 0.15) is 5.82 Å². The van der Waals surface area contributed by atoms with Gasteiger partial charge in [0.05, 0.1) is 23.6 Å². The molecule has 0 aliphatic heterocycles. The van der Waals surface area contributed by atoms with Gasteiger partial charge in [-0.1, -0.05) is 12.1 Å². The second-order valence-corrected chi connectivity index (χ2v) is 4.18. The molecular formula is C14H15FN4O. The van der Waals surface area contributed by atoms with E-state index in [1.807, 2.05) is 0 Å². The number of hydrogen-bond donors (Lipinski definition) is 1. The van der Waals surface area contributed by atoms with Gasteiger partial charge in [-0.3, -0.25) is 4.79 Å². The third kappa shape index (κ3) is 3.16. The molecule has 0 aliphatic rings. The van der Waals surface area contributed by atoms with Crippen molar-refractivity contribution in [3.63, 3.8) is 0 Å². The highest BCUT2D eigenvalue weighted by molar-refractivity contribution is 6.05. The quantitative estimate of drug-likeness (QED) is 0.899. The highest BCUT2D eigenvalue weighted by atomic mass is 19.1. The Labute approximate surface area is 116 Å². The predicted octanol–water partition coefficient (Wildman–Crippen LogP) is 1.61. The fourth-order valence-electron chi connectivity index (χ4n) is 1.82. The molecular weight excluding hydrogens is 259 g/mol. The summed E-state index contributed by atoms with van der Waals surface area (Å²) in [6.45, 7) is 0.769. The summed E-state index contributed by atoms with van der Waals surface area (Å²) in [5.74, 6) is -0.765. The normalized spacial score (nSPS) is 10.3. The number of aromatic nitrogens is 2. The third-order valence-corrected chi connectivity index (χ3v) is 2.81. The molecule has 0 bridgehead atoms. The highest BCUT2D eigenvalue weighted by Gasteiger charge is 2.20. The molecule has 1 amide bonds. The van der Waals surface area contributed by atoms with Crippen molar-refractivity contribution in [1.82, 2.24) is 10.2 Å². The van der Waals surface area contributed by atoms with E-state index < -0.39 is 5.82 Å². The molecule has 1 aromatic carbocycles. The van der Waals surface area contributed by atoms with Crippen molar-refractivity contribution in [2.75, 3.05) is 18.0 Å². The molecule has 0 radical (unpaired) electrons. The number of amides is 1. The van der Waals surface area contributed by atoms with E-state index in [4.69, 9.17) is 5.73 Å². The minimum atomic E-state index is -0.445. The van der Waals surface area contributed by atoms with E-state index >= 15 is 0 Å². The zero-order valence-electron chi connectivity index (χ0n) is 10.9. The van der Waals surface area contributed by atoms with Gasteiger partial charge < -0.3 is 10.6 Å². The van der Waals surface area contributed by atoms with Gasteiger partial charge in [-0.05, 0) is 31.2 Å². The maximum atomic E-state index is 13.9. The average Bonchev–Trinajstić information content (AvgIpc) is 2.50. The van der Waals surface area contributed by atoms with Crippen molar-refractivity contribution >= 4 is 11.6 Å². The van der Waals surface area contributed by atoms with Crippen molar-refractivity contribution in [2.24, 2.45) is 5.73 Å². The molecule has 0 fully saturated rings. The summed E-state index contributed by atoms with van der Waals surface area (Å²) >= 11 is 0. The van der Waals surface area contributed by atoms with E-state index in [9.17, 15) is 9.18 Å². The molecule has 6 heteroatoms. The lowest BCUT2D eigenvalue weighted by Crippen LogP contribution is -2.33. The topological polar surface area (TPSA) is 72.1 Å². The number of benzene rings is 1. The van der Waals surface area contributed by atoms with Crippen LogP contribution in [-0.2, 0) is 0 Å². The van der Waals surface area contributed by atoms with Gasteiger partial charge in [-0.15, -0.1) is 0 Å². The Kier molecular flexibility index (Phi) is 4.73. The summed E-state index contributed by atoms with van der Waals surface area (Å²) in [7, 11) is 0. The number of para-hydroxylation sites is 1. The van der Waals surface area contributed by atoms with Gasteiger partial charge >= 0.3 is 0 Å². The first kappa shape index (κ1) is 14.1. The number of halogens is 1. The van der Waals surface area contributed by atoms with E-state index in [1.165, 1.54) is 23.4 Å². The van der Waals surface area contributed by atoms with E-state index in [1.54, 1.807) is 24.3 Å². The first-order chi connectivity index (χ1) is 9.74. The van der Waals surface area contributed by atoms with Crippen LogP contribution in [0.4, 0.5) is 10.1 Å². The lowest BCUT2D eigenvalue weighted by Gasteiger charge is -2.23. The molecule has 1 heterocycles. The van der Waals surface area contributed by atoms with Gasteiger partial charge in [0.2, 0.25) is 0 Å². The van der Waals surface area contributed by atoms with Crippen molar-refractivity contribution in [3.05, 3.63) is 54.1 Å². The summed E-state index contributed by atoms with van der Waals surface area (Å²) in [5, 5.41) is 7.29. The average molecular weight is 274 g/mol. The molecule has 5 nitrogen and oxygen atoms in total. The van der Waals surface area contributed by atoms with Crippen molar-refractivity contribution < 1.29 is 9.18 Å². The molecule has 0 saturated carbocycles. The van der Waals surface area contributed by atoms with Crippen LogP contribution in [0.3, 0.4) is 0 Å². The summed E-state index contributed by atoms with van der Waals surface area (Å²) in [6.07, 6.45) is 3.37. The van der Waals surface area contributed by atoms with Crippen molar-refractivity contribution in [2.45, 2.75) is 6.42 Å². The van der Waals surface area contributed by atoms with Gasteiger partial charge in [0.25, 0.3) is 5.91 Å². The summed E-state index contributed by atoms with van der Waals surface area (Å²) in [5.41, 5.74) is 6.08. The van der Waals surface area contributed by atoms with E-state index in [2.05, 4.69) is 10.2 Å². The Balaban J connectivity index is 2.33. The zero-order chi connectivity index (χ0) is 14.4. The standard InChI is InChI=1S/C14H15FN4O/c15-12-4-1-2-5-13(12)19(9-3-7-16)14(20)11-6-8-17-18-10-11/h1-2,4-6,8,10H,3,7,9,16H2. The van der Waals surface area contributed by atoms with Gasteiger partial charge in [0.15, 0.2) is 0 Å². The number of nitrogens with zero attached hydrogens (tertiary/aromatic N) is 3. The summed E-state index contributed by atoms with van der Waals surface area (Å²) in [6, 6.07) is 7.71. The number of hydrogen-bond acceptors (Lipinski definition) is 4. The van der Waals surface area contributed by atoms with Crippen LogP contribution in [0.5, 0.6) is 0 Å². The number of anilines is 1. The number of rotatable bonds is 5. The second-order valence-electron chi connectivity index (χ2n) is 4.18. The maximum absolute atomic E-state index is 13.9. The fraction of sp³-hybridized carbons (Fsp3) is 0.214. The zero-order valence-corrected chi connectivity index (χ0v) is 10.9. The van der Waals surface area contributed by atoms with Crippen molar-refractivity contribution in [3.8, 4) is 0 Å². The van der Waals surface area contributed by atoms with Crippen LogP contribution in [0.1, 0.15) is 16.8 Å². The van der Waals surface area contributed by atoms with Crippen LogP contribution >= 0.6 is 0 Å². The largest absolute Gasteiger partial charge is 0.330 e. The SMILES string of the molecule is NCCCN(C(=O)c1ccnnc1)c1ccccc1F. The monoisotopic (exact) mass is 274 g/mol. The molecule has 2 N–H and O–H groups in total. The number of carbonyl (C=O) groups excluding carboxylic acids is 1. The van der Waals surface area contributed by atoms with Crippen LogP contribution < -0.4 is 10.6 Å². The van der Waals surface area contributed by atoms with Crippen LogP contribution in [-0.4, -0.2) is 29.2 Å². The first-order valence-corrected chi connectivity index (χ1v) is 6.27. The summed E-state index contributed by atoms with van der Waals surface area (Å²) in [4.78, 5) is 13.8. The van der Waals surface area contributed by atoms with E-state index in [0.29, 0.717) is 25.1 Å². The molecule has 0 aliphatic carbocycles. The number of nitrogens with two attached hydrogens (primary N) is 1. The molecule has 1 aromatic heterocycles. The van der Waals surface area contributed by atoms with Crippen LogP contribution in [0.25, 0.3) is 0 Å². The Morgan fingerprint density at radius 1 is 1.25 bits per heavy atom. The molecule has 0 saturated heterocycles. The Hall–Kier alpha value is -2.34. The number of carbonyl (C=O) groups is 1. The second kappa shape index (κ2) is 6.72. The lowest BCUT2D eigenvalue weighted by molar-refractivity contribution is 0.0985. The minimum Gasteiger partial charge on any atom is -0.330 e. The highest BCUT2D eigenvalue weighted by Crippen LogP contribution is 2.21. The van der Waals surface area contributed by atoms with E-state index in [-0.39, 0.29) is 11.6 Å². The first-order valence-electron chi connectivity index (χ1n) is 6.27. The van der Waals surface area contributed by atoms with Crippen LogP contribution in [0, 0.1) is 5.82 Å². The molecule has 2 rings (SSSR count). The van der Waals surface area contributed by atoms with Gasteiger partial charge in [0, 0.05) is 6.54 Å².